The van der Waals surface area contributed by atoms with E-state index >= 15 is 0 Å². The summed E-state index contributed by atoms with van der Waals surface area (Å²) in [6.07, 6.45) is 9.75. The first-order valence-electron chi connectivity index (χ1n) is 18.4. The number of phenolic OH excluding ortho intramolecular Hbond substituents is 1. The van der Waals surface area contributed by atoms with E-state index in [2.05, 4.69) is 44.3 Å². The van der Waals surface area contributed by atoms with E-state index in [1.807, 2.05) is 71.6 Å². The molecule has 0 atom stereocenters. The predicted octanol–water partition coefficient (Wildman–Crippen LogP) is 8.66. The second-order valence-electron chi connectivity index (χ2n) is 14.1. The van der Waals surface area contributed by atoms with Crippen LogP contribution in [0.15, 0.2) is 102 Å². The molecule has 0 saturated carbocycles. The van der Waals surface area contributed by atoms with Crippen LogP contribution in [0.2, 0.25) is 0 Å². The van der Waals surface area contributed by atoms with Crippen molar-refractivity contribution in [1.82, 2.24) is 15.1 Å². The van der Waals surface area contributed by atoms with Gasteiger partial charge in [-0.15, -0.1) is 0 Å². The standard InChI is InChI=1S/C43H50BrN3O3/c44-38-15-11-35(12-16-38)30-42(49)47(28-23-34-13-17-39(48)18-14-34)31-36-7-4-8-37(29-36)40-9-1-2-10-41(40)43(50)46-26-21-33(22-27-46)6-3-5-32-19-24-45-25-20-32/h1-2,4,7-18,29,32-33,45,48H,3,5-6,19-28,30-31H2. The topological polar surface area (TPSA) is 72.9 Å². The highest BCUT2D eigenvalue weighted by molar-refractivity contribution is 9.10. The Morgan fingerprint density at radius 1 is 0.780 bits per heavy atom. The maximum Gasteiger partial charge on any atom is 0.254 e. The molecule has 262 valence electrons. The van der Waals surface area contributed by atoms with E-state index in [-0.39, 0.29) is 17.6 Å². The minimum Gasteiger partial charge on any atom is -0.508 e. The second-order valence-corrected chi connectivity index (χ2v) is 15.1. The molecule has 0 radical (unpaired) electrons. The van der Waals surface area contributed by atoms with Gasteiger partial charge < -0.3 is 20.2 Å². The molecule has 7 heteroatoms. The van der Waals surface area contributed by atoms with Gasteiger partial charge in [-0.3, -0.25) is 9.59 Å². The quantitative estimate of drug-likeness (QED) is 0.144. The summed E-state index contributed by atoms with van der Waals surface area (Å²) in [4.78, 5) is 31.7. The molecule has 0 unspecified atom stereocenters. The van der Waals surface area contributed by atoms with E-state index in [0.717, 1.165) is 75.6 Å². The van der Waals surface area contributed by atoms with Gasteiger partial charge in [0.1, 0.15) is 5.75 Å². The Hall–Kier alpha value is -3.94. The van der Waals surface area contributed by atoms with E-state index in [1.54, 1.807) is 12.1 Å². The number of amides is 2. The lowest BCUT2D eigenvalue weighted by molar-refractivity contribution is -0.131. The average Bonchev–Trinajstić information content (AvgIpc) is 3.15. The van der Waals surface area contributed by atoms with Crippen molar-refractivity contribution < 1.29 is 14.7 Å². The van der Waals surface area contributed by atoms with Gasteiger partial charge in [0, 0.05) is 36.2 Å². The van der Waals surface area contributed by atoms with Gasteiger partial charge in [-0.05, 0) is 121 Å². The molecule has 2 heterocycles. The first-order valence-corrected chi connectivity index (χ1v) is 19.2. The van der Waals surface area contributed by atoms with Crippen molar-refractivity contribution in [3.8, 4) is 16.9 Å². The van der Waals surface area contributed by atoms with Crippen molar-refractivity contribution in [2.24, 2.45) is 11.8 Å². The number of nitrogens with one attached hydrogen (secondary N) is 1. The zero-order valence-corrected chi connectivity index (χ0v) is 30.6. The molecule has 2 saturated heterocycles. The number of likely N-dealkylation sites (tertiary alicyclic amines) is 1. The number of hydrogen-bond donors (Lipinski definition) is 2. The summed E-state index contributed by atoms with van der Waals surface area (Å²) in [6, 6.07) is 31.3. The van der Waals surface area contributed by atoms with E-state index in [9.17, 15) is 14.7 Å². The van der Waals surface area contributed by atoms with E-state index in [4.69, 9.17) is 0 Å². The Morgan fingerprint density at radius 2 is 1.46 bits per heavy atom. The summed E-state index contributed by atoms with van der Waals surface area (Å²) in [5.74, 6) is 2.01. The Labute approximate surface area is 306 Å². The van der Waals surface area contributed by atoms with E-state index in [0.29, 0.717) is 25.9 Å². The maximum atomic E-state index is 14.0. The highest BCUT2D eigenvalue weighted by atomic mass is 79.9. The third-order valence-electron chi connectivity index (χ3n) is 10.6. The molecule has 2 amide bonds. The van der Waals surface area contributed by atoms with Crippen LogP contribution in [0.5, 0.6) is 5.75 Å². The number of hydrogen-bond acceptors (Lipinski definition) is 4. The molecular formula is C43H50BrN3O3. The summed E-state index contributed by atoms with van der Waals surface area (Å²) >= 11 is 3.49. The molecule has 4 aromatic rings. The molecule has 2 fully saturated rings. The Bertz CT molecular complexity index is 1690. The number of carbonyl (C=O) groups excluding carboxylic acids is 2. The third kappa shape index (κ3) is 10.1. The first kappa shape index (κ1) is 35.9. The van der Waals surface area contributed by atoms with Crippen molar-refractivity contribution in [2.45, 2.75) is 64.3 Å². The number of rotatable bonds is 13. The number of aromatic hydroxyl groups is 1. The van der Waals surface area contributed by atoms with Gasteiger partial charge >= 0.3 is 0 Å². The van der Waals surface area contributed by atoms with Crippen LogP contribution in [0, 0.1) is 11.8 Å². The van der Waals surface area contributed by atoms with Gasteiger partial charge in [-0.1, -0.05) is 95.9 Å². The zero-order chi connectivity index (χ0) is 34.7. The summed E-state index contributed by atoms with van der Waals surface area (Å²) in [5, 5.41) is 13.2. The highest BCUT2D eigenvalue weighted by Gasteiger charge is 2.26. The second kappa shape index (κ2) is 17.8. The number of halogens is 1. The van der Waals surface area contributed by atoms with E-state index < -0.39 is 0 Å². The van der Waals surface area contributed by atoms with Gasteiger partial charge in [0.25, 0.3) is 5.91 Å². The summed E-state index contributed by atoms with van der Waals surface area (Å²) in [5.41, 5.74) is 5.70. The monoisotopic (exact) mass is 735 g/mol. The van der Waals surface area contributed by atoms with E-state index in [1.165, 1.54) is 45.2 Å². The zero-order valence-electron chi connectivity index (χ0n) is 29.0. The Morgan fingerprint density at radius 3 is 2.20 bits per heavy atom. The SMILES string of the molecule is O=C(Cc1ccc(Br)cc1)N(CCc1ccc(O)cc1)Cc1cccc(-c2ccccc2C(=O)N2CCC(CCCC3CCNCC3)CC2)c1. The number of phenols is 1. The molecule has 0 aromatic heterocycles. The summed E-state index contributed by atoms with van der Waals surface area (Å²) in [7, 11) is 0. The normalized spacial score (nSPS) is 15.6. The van der Waals surface area contributed by atoms with Crippen molar-refractivity contribution >= 4 is 27.7 Å². The maximum absolute atomic E-state index is 14.0. The third-order valence-corrected chi connectivity index (χ3v) is 11.1. The lowest BCUT2D eigenvalue weighted by atomic mass is 9.87. The fraction of sp³-hybridized carbons (Fsp3) is 0.395. The van der Waals surface area contributed by atoms with Crippen LogP contribution in [0.4, 0.5) is 0 Å². The van der Waals surface area contributed by atoms with Crippen LogP contribution in [0.1, 0.15) is 72.0 Å². The lowest BCUT2D eigenvalue weighted by Crippen LogP contribution is -2.38. The molecule has 2 N–H and O–H groups in total. The Balaban J connectivity index is 1.11. The molecule has 2 aliphatic rings. The average molecular weight is 737 g/mol. The van der Waals surface area contributed by atoms with Crippen molar-refractivity contribution in [3.63, 3.8) is 0 Å². The molecule has 0 bridgehead atoms. The molecule has 2 aliphatic heterocycles. The van der Waals surface area contributed by atoms with Crippen molar-refractivity contribution in [3.05, 3.63) is 124 Å². The van der Waals surface area contributed by atoms with Gasteiger partial charge in [-0.2, -0.15) is 0 Å². The minimum absolute atomic E-state index is 0.0572. The van der Waals surface area contributed by atoms with Crippen LogP contribution in [-0.2, 0) is 24.2 Å². The molecule has 0 aliphatic carbocycles. The molecule has 4 aromatic carbocycles. The predicted molar refractivity (Wildman–Crippen MR) is 205 cm³/mol. The molecular weight excluding hydrogens is 686 g/mol. The first-order chi connectivity index (χ1) is 24.4. The van der Waals surface area contributed by atoms with Gasteiger partial charge in [0.15, 0.2) is 0 Å². The van der Waals surface area contributed by atoms with Crippen LogP contribution in [0.25, 0.3) is 11.1 Å². The molecule has 0 spiro atoms. The van der Waals surface area contributed by atoms with Gasteiger partial charge in [0.2, 0.25) is 5.91 Å². The van der Waals surface area contributed by atoms with Crippen LogP contribution < -0.4 is 5.32 Å². The smallest absolute Gasteiger partial charge is 0.254 e. The number of nitrogens with zero attached hydrogens (tertiary/aromatic N) is 2. The molecule has 6 rings (SSSR count). The molecule has 6 nitrogen and oxygen atoms in total. The highest BCUT2D eigenvalue weighted by Crippen LogP contribution is 2.30. The van der Waals surface area contributed by atoms with Crippen LogP contribution in [0.3, 0.4) is 0 Å². The lowest BCUT2D eigenvalue weighted by Gasteiger charge is -2.33. The molecule has 50 heavy (non-hydrogen) atoms. The number of benzene rings is 4. The fourth-order valence-corrected chi connectivity index (χ4v) is 7.81. The van der Waals surface area contributed by atoms with Gasteiger partial charge in [0.05, 0.1) is 6.42 Å². The number of carbonyl (C=O) groups is 2. The van der Waals surface area contributed by atoms with Gasteiger partial charge in [-0.25, -0.2) is 0 Å². The van der Waals surface area contributed by atoms with Crippen LogP contribution >= 0.6 is 15.9 Å². The largest absolute Gasteiger partial charge is 0.508 e. The van der Waals surface area contributed by atoms with Crippen LogP contribution in [-0.4, -0.2) is 59.4 Å². The Kier molecular flexibility index (Phi) is 12.8. The van der Waals surface area contributed by atoms with Crippen molar-refractivity contribution in [2.75, 3.05) is 32.7 Å². The number of piperidine rings is 2. The summed E-state index contributed by atoms with van der Waals surface area (Å²) < 4.78 is 0.983. The summed E-state index contributed by atoms with van der Waals surface area (Å²) in [6.45, 7) is 4.99. The van der Waals surface area contributed by atoms with Crippen molar-refractivity contribution in [1.29, 1.82) is 0 Å². The fourth-order valence-electron chi connectivity index (χ4n) is 7.55. The minimum atomic E-state index is 0.0572.